The molecule has 0 saturated heterocycles. The van der Waals surface area contributed by atoms with Crippen LogP contribution in [0.3, 0.4) is 0 Å². The summed E-state index contributed by atoms with van der Waals surface area (Å²) < 4.78 is 14.1. The average Bonchev–Trinajstić information content (AvgIpc) is 3.34. The summed E-state index contributed by atoms with van der Waals surface area (Å²) in [5.74, 6) is 0.907. The number of rotatable bonds is 7. The van der Waals surface area contributed by atoms with Crippen molar-refractivity contribution in [3.05, 3.63) is 107 Å². The zero-order valence-corrected chi connectivity index (χ0v) is 21.7. The Morgan fingerprint density at radius 1 is 1.03 bits per heavy atom. The van der Waals surface area contributed by atoms with E-state index in [4.69, 9.17) is 9.97 Å². The summed E-state index contributed by atoms with van der Waals surface area (Å²) in [6.45, 7) is 6.88. The van der Waals surface area contributed by atoms with Crippen molar-refractivity contribution in [3.8, 4) is 11.4 Å². The van der Waals surface area contributed by atoms with Gasteiger partial charge in [-0.1, -0.05) is 48.5 Å². The number of aromatic nitrogens is 4. The number of anilines is 1. The summed E-state index contributed by atoms with van der Waals surface area (Å²) >= 11 is 0. The molecule has 1 aliphatic heterocycles. The predicted octanol–water partition coefficient (Wildman–Crippen LogP) is 6.11. The lowest BCUT2D eigenvalue weighted by Gasteiger charge is -2.43. The van der Waals surface area contributed by atoms with Crippen LogP contribution in [0.2, 0.25) is 0 Å². The first kappa shape index (κ1) is 24.2. The molecule has 38 heavy (non-hydrogen) atoms. The molecular weight excluding hydrogens is 475 g/mol. The van der Waals surface area contributed by atoms with E-state index in [2.05, 4.69) is 82.7 Å². The number of benzene rings is 2. The Hall–Kier alpha value is -4.10. The zero-order chi connectivity index (χ0) is 26.1. The molecule has 1 aliphatic rings. The summed E-state index contributed by atoms with van der Waals surface area (Å²) in [5, 5.41) is 4.84. The van der Waals surface area contributed by atoms with Crippen molar-refractivity contribution in [1.29, 1.82) is 0 Å². The summed E-state index contributed by atoms with van der Waals surface area (Å²) in [7, 11) is 0. The third-order valence-corrected chi connectivity index (χ3v) is 7.55. The lowest BCUT2D eigenvalue weighted by Crippen LogP contribution is -2.47. The van der Waals surface area contributed by atoms with Gasteiger partial charge in [0.2, 0.25) is 0 Å². The summed E-state index contributed by atoms with van der Waals surface area (Å²) in [5.41, 5.74) is 6.01. The number of H-pyrrole nitrogens is 1. The maximum atomic E-state index is 14.1. The number of para-hydroxylation sites is 1. The average molecular weight is 507 g/mol. The lowest BCUT2D eigenvalue weighted by molar-refractivity contribution is 0.0937. The summed E-state index contributed by atoms with van der Waals surface area (Å²) in [6, 6.07) is 20.3. The van der Waals surface area contributed by atoms with Crippen molar-refractivity contribution >= 4 is 16.7 Å². The number of nitrogens with one attached hydrogen (secondary N) is 2. The second-order valence-corrected chi connectivity index (χ2v) is 10.4. The third-order valence-electron chi connectivity index (χ3n) is 7.55. The first-order valence-electron chi connectivity index (χ1n) is 13.1. The largest absolute Gasteiger partial charge is 0.369 e. The van der Waals surface area contributed by atoms with Crippen molar-refractivity contribution in [3.63, 3.8) is 0 Å². The molecule has 6 nitrogen and oxygen atoms in total. The van der Waals surface area contributed by atoms with Crippen LogP contribution < -0.4 is 5.32 Å². The predicted molar refractivity (Wildman–Crippen MR) is 149 cm³/mol. The highest BCUT2D eigenvalue weighted by Gasteiger charge is 2.38. The van der Waals surface area contributed by atoms with Crippen molar-refractivity contribution in [2.45, 2.75) is 38.8 Å². The minimum Gasteiger partial charge on any atom is -0.369 e. The van der Waals surface area contributed by atoms with Gasteiger partial charge in [0, 0.05) is 54.1 Å². The van der Waals surface area contributed by atoms with Gasteiger partial charge in [-0.2, -0.15) is 0 Å². The normalized spacial score (nSPS) is 14.9. The molecule has 2 aromatic carbocycles. The van der Waals surface area contributed by atoms with Gasteiger partial charge in [-0.05, 0) is 49.9 Å². The molecule has 6 rings (SSSR count). The van der Waals surface area contributed by atoms with Gasteiger partial charge in [-0.15, -0.1) is 0 Å². The molecule has 192 valence electrons. The summed E-state index contributed by atoms with van der Waals surface area (Å²) in [4.78, 5) is 19.8. The minimum absolute atomic E-state index is 0.338. The molecule has 0 aliphatic carbocycles. The maximum absolute atomic E-state index is 14.1. The molecule has 0 unspecified atom stereocenters. The number of hydrogen-bond acceptors (Lipinski definition) is 5. The number of pyridine rings is 1. The van der Waals surface area contributed by atoms with Crippen molar-refractivity contribution < 1.29 is 4.39 Å². The molecule has 4 heterocycles. The van der Waals surface area contributed by atoms with Gasteiger partial charge >= 0.3 is 0 Å². The molecule has 0 radical (unpaired) electrons. The molecule has 0 atom stereocenters. The van der Waals surface area contributed by atoms with E-state index in [1.165, 1.54) is 28.8 Å². The Bertz CT molecular complexity index is 1580. The van der Waals surface area contributed by atoms with Crippen LogP contribution in [-0.4, -0.2) is 37.9 Å². The van der Waals surface area contributed by atoms with E-state index in [0.29, 0.717) is 11.4 Å². The van der Waals surface area contributed by atoms with Gasteiger partial charge < -0.3 is 10.3 Å². The number of halogens is 1. The first-order valence-corrected chi connectivity index (χ1v) is 13.1. The number of aromatic amines is 1. The van der Waals surface area contributed by atoms with Gasteiger partial charge in [-0.25, -0.2) is 14.4 Å². The molecule has 3 aromatic heterocycles. The molecule has 0 saturated carbocycles. The van der Waals surface area contributed by atoms with Crippen LogP contribution in [0.15, 0.2) is 79.3 Å². The topological polar surface area (TPSA) is 69.7 Å². The quantitative estimate of drug-likeness (QED) is 0.279. The Kier molecular flexibility index (Phi) is 6.37. The summed E-state index contributed by atoms with van der Waals surface area (Å²) in [6.07, 6.45) is 6.59. The maximum Gasteiger partial charge on any atom is 0.163 e. The van der Waals surface area contributed by atoms with E-state index in [9.17, 15) is 4.39 Å². The Labute approximate surface area is 222 Å². The van der Waals surface area contributed by atoms with Crippen molar-refractivity contribution in [2.24, 2.45) is 0 Å². The van der Waals surface area contributed by atoms with Crippen LogP contribution in [0.25, 0.3) is 22.3 Å². The van der Waals surface area contributed by atoms with E-state index < -0.39 is 5.82 Å². The fourth-order valence-electron chi connectivity index (χ4n) is 5.45. The zero-order valence-electron chi connectivity index (χ0n) is 21.7. The molecule has 7 heteroatoms. The first-order chi connectivity index (χ1) is 18.5. The van der Waals surface area contributed by atoms with Crippen LogP contribution in [0.4, 0.5) is 10.2 Å². The smallest absolute Gasteiger partial charge is 0.163 e. The highest BCUT2D eigenvalue weighted by Crippen LogP contribution is 2.38. The highest BCUT2D eigenvalue weighted by atomic mass is 19.1. The molecule has 0 spiro atoms. The fraction of sp³-hybridized carbons (Fsp3) is 0.258. The van der Waals surface area contributed by atoms with Gasteiger partial charge in [0.15, 0.2) is 5.82 Å². The van der Waals surface area contributed by atoms with E-state index in [-0.39, 0.29) is 5.54 Å². The van der Waals surface area contributed by atoms with Gasteiger partial charge in [0.05, 0.1) is 17.4 Å². The molecule has 0 amide bonds. The van der Waals surface area contributed by atoms with E-state index in [1.54, 1.807) is 6.20 Å². The lowest BCUT2D eigenvalue weighted by atomic mass is 9.87. The molecular formula is C31H31FN6. The number of nitrogens with zero attached hydrogens (tertiary/aromatic N) is 4. The van der Waals surface area contributed by atoms with E-state index in [1.807, 2.05) is 12.1 Å². The van der Waals surface area contributed by atoms with Gasteiger partial charge in [0.1, 0.15) is 11.6 Å². The van der Waals surface area contributed by atoms with Gasteiger partial charge in [-0.3, -0.25) is 9.88 Å². The number of hydrogen-bond donors (Lipinski definition) is 2. The Morgan fingerprint density at radius 3 is 2.68 bits per heavy atom. The van der Waals surface area contributed by atoms with Gasteiger partial charge in [0.25, 0.3) is 0 Å². The monoisotopic (exact) mass is 506 g/mol. The van der Waals surface area contributed by atoms with Crippen molar-refractivity contribution in [2.75, 3.05) is 18.4 Å². The Morgan fingerprint density at radius 2 is 1.84 bits per heavy atom. The van der Waals surface area contributed by atoms with Crippen LogP contribution >= 0.6 is 0 Å². The SMILES string of the molecule is CC1(C)c2nc(-c3cncc(F)c3)nc(NCCc3c[nH]c4ccccc34)c2CCN1Cc1ccccc1. The number of fused-ring (bicyclic) bond motifs is 2. The van der Waals surface area contributed by atoms with Crippen molar-refractivity contribution in [1.82, 2.24) is 24.8 Å². The second kappa shape index (κ2) is 9.99. The van der Waals surface area contributed by atoms with Crippen LogP contribution in [0.1, 0.15) is 36.2 Å². The van der Waals surface area contributed by atoms with E-state index >= 15 is 0 Å². The standard InChI is InChI=1S/C31H31FN6/c1-31(2)28-26(13-15-38(31)20-21-8-4-3-5-9-21)30(37-29(36-28)23-16-24(32)19-33-17-23)34-14-12-22-18-35-27-11-7-6-10-25(22)27/h3-11,16-19,35H,12-15,20H2,1-2H3,(H,34,36,37). The molecule has 0 bridgehead atoms. The molecule has 2 N–H and O–H groups in total. The van der Waals surface area contributed by atoms with Crippen LogP contribution in [0, 0.1) is 5.82 Å². The molecule has 0 fully saturated rings. The minimum atomic E-state index is -0.400. The van der Waals surface area contributed by atoms with Crippen LogP contribution in [-0.2, 0) is 24.9 Å². The highest BCUT2D eigenvalue weighted by molar-refractivity contribution is 5.83. The second-order valence-electron chi connectivity index (χ2n) is 10.4. The molecule has 5 aromatic rings. The Balaban J connectivity index is 1.34. The fourth-order valence-corrected chi connectivity index (χ4v) is 5.45. The van der Waals surface area contributed by atoms with Crippen LogP contribution in [0.5, 0.6) is 0 Å². The van der Waals surface area contributed by atoms with E-state index in [0.717, 1.165) is 55.1 Å². The third kappa shape index (κ3) is 4.65.